The van der Waals surface area contributed by atoms with E-state index in [0.717, 1.165) is 21.4 Å². The van der Waals surface area contributed by atoms with E-state index in [9.17, 15) is 0 Å². The molecule has 1 nitrogen and oxygen atoms in total. The molecule has 0 aliphatic rings. The molecule has 62 valence electrons. The molecule has 0 atom stereocenters. The Hall–Kier alpha value is -0.120. The second-order valence-electron chi connectivity index (χ2n) is 2.36. The molecule has 2 rings (SSSR count). The molecule has 0 radical (unpaired) electrons. The summed E-state index contributed by atoms with van der Waals surface area (Å²) in [5.41, 5.74) is 3.94. The molecule has 1 aromatic carbocycles. The van der Waals surface area contributed by atoms with Gasteiger partial charge in [0, 0.05) is 15.9 Å². The SMILES string of the molecule is Clc1ccc2scnc2c1CBr. The van der Waals surface area contributed by atoms with Crippen molar-refractivity contribution in [2.24, 2.45) is 0 Å². The second-order valence-corrected chi connectivity index (χ2v) is 4.21. The van der Waals surface area contributed by atoms with Gasteiger partial charge in [-0.3, -0.25) is 0 Å². The third kappa shape index (κ3) is 1.26. The van der Waals surface area contributed by atoms with Gasteiger partial charge in [-0.2, -0.15) is 0 Å². The molecule has 0 aliphatic carbocycles. The van der Waals surface area contributed by atoms with Gasteiger partial charge in [-0.1, -0.05) is 27.5 Å². The van der Waals surface area contributed by atoms with Gasteiger partial charge in [0.1, 0.15) is 0 Å². The van der Waals surface area contributed by atoms with E-state index >= 15 is 0 Å². The maximum atomic E-state index is 5.99. The van der Waals surface area contributed by atoms with Crippen LogP contribution in [0.15, 0.2) is 17.6 Å². The first-order valence-corrected chi connectivity index (χ1v) is 5.77. The Bertz CT molecular complexity index is 412. The Morgan fingerprint density at radius 2 is 2.33 bits per heavy atom. The third-order valence-electron chi connectivity index (χ3n) is 1.68. The van der Waals surface area contributed by atoms with Gasteiger partial charge in [-0.15, -0.1) is 11.3 Å². The fraction of sp³-hybridized carbons (Fsp3) is 0.125. The van der Waals surface area contributed by atoms with Crippen molar-refractivity contribution in [3.05, 3.63) is 28.2 Å². The average Bonchev–Trinajstić information content (AvgIpc) is 2.52. The van der Waals surface area contributed by atoms with E-state index in [-0.39, 0.29) is 0 Å². The lowest BCUT2D eigenvalue weighted by molar-refractivity contribution is 1.41. The lowest BCUT2D eigenvalue weighted by Gasteiger charge is -1.99. The lowest BCUT2D eigenvalue weighted by atomic mass is 10.2. The summed E-state index contributed by atoms with van der Waals surface area (Å²) in [5.74, 6) is 0. The lowest BCUT2D eigenvalue weighted by Crippen LogP contribution is -1.81. The van der Waals surface area contributed by atoms with Crippen molar-refractivity contribution >= 4 is 49.1 Å². The molecule has 0 spiro atoms. The molecule has 0 amide bonds. The van der Waals surface area contributed by atoms with Crippen molar-refractivity contribution in [3.8, 4) is 0 Å². The van der Waals surface area contributed by atoms with Crippen molar-refractivity contribution in [2.75, 3.05) is 0 Å². The molecule has 4 heteroatoms. The summed E-state index contributed by atoms with van der Waals surface area (Å²) in [5, 5.41) is 1.54. The molecular weight excluding hydrogens is 258 g/mol. The summed E-state index contributed by atoms with van der Waals surface area (Å²) in [7, 11) is 0. The van der Waals surface area contributed by atoms with Crippen LogP contribution in [0.2, 0.25) is 5.02 Å². The number of rotatable bonds is 1. The molecule has 0 saturated heterocycles. The summed E-state index contributed by atoms with van der Waals surface area (Å²) in [6.45, 7) is 0. The molecule has 0 unspecified atom stereocenters. The number of alkyl halides is 1. The highest BCUT2D eigenvalue weighted by Crippen LogP contribution is 2.28. The van der Waals surface area contributed by atoms with E-state index in [4.69, 9.17) is 11.6 Å². The molecule has 0 N–H and O–H groups in total. The molecular formula is C8H5BrClNS. The number of aromatic nitrogens is 1. The first-order chi connectivity index (χ1) is 5.83. The Labute approximate surface area is 87.5 Å². The van der Waals surface area contributed by atoms with Crippen LogP contribution in [-0.2, 0) is 5.33 Å². The van der Waals surface area contributed by atoms with E-state index in [1.54, 1.807) is 11.3 Å². The number of thiazole rings is 1. The molecule has 0 bridgehead atoms. The van der Waals surface area contributed by atoms with Gasteiger partial charge in [0.05, 0.1) is 15.7 Å². The van der Waals surface area contributed by atoms with Crippen LogP contribution < -0.4 is 0 Å². The molecule has 1 heterocycles. The normalized spacial score (nSPS) is 10.8. The smallest absolute Gasteiger partial charge is 0.0867 e. The minimum atomic E-state index is 0.757. The Balaban J connectivity index is 2.83. The number of halogens is 2. The maximum absolute atomic E-state index is 5.99. The number of hydrogen-bond acceptors (Lipinski definition) is 2. The summed E-state index contributed by atoms with van der Waals surface area (Å²) in [6, 6.07) is 3.92. The molecule has 1 aromatic heterocycles. The van der Waals surface area contributed by atoms with E-state index in [1.807, 2.05) is 17.6 Å². The predicted molar refractivity (Wildman–Crippen MR) is 57.3 cm³/mol. The first-order valence-electron chi connectivity index (χ1n) is 3.39. The van der Waals surface area contributed by atoms with Gasteiger partial charge in [-0.05, 0) is 12.1 Å². The fourth-order valence-electron chi connectivity index (χ4n) is 1.09. The van der Waals surface area contributed by atoms with E-state index in [1.165, 1.54) is 4.70 Å². The zero-order valence-corrected chi connectivity index (χ0v) is 9.21. The highest BCUT2D eigenvalue weighted by atomic mass is 79.9. The number of fused-ring (bicyclic) bond motifs is 1. The van der Waals surface area contributed by atoms with Crippen molar-refractivity contribution in [1.29, 1.82) is 0 Å². The summed E-state index contributed by atoms with van der Waals surface area (Å²) in [6.07, 6.45) is 0. The minimum absolute atomic E-state index is 0.757. The standard InChI is InChI=1S/C8H5BrClNS/c9-3-5-6(10)1-2-7-8(5)11-4-12-7/h1-2,4H,3H2. The number of nitrogens with zero attached hydrogens (tertiary/aromatic N) is 1. The van der Waals surface area contributed by atoms with E-state index < -0.39 is 0 Å². The Morgan fingerprint density at radius 1 is 1.50 bits per heavy atom. The summed E-state index contributed by atoms with van der Waals surface area (Å²) < 4.78 is 1.19. The quantitative estimate of drug-likeness (QED) is 0.712. The van der Waals surface area contributed by atoms with Crippen molar-refractivity contribution in [2.45, 2.75) is 5.33 Å². The van der Waals surface area contributed by atoms with Gasteiger partial charge in [-0.25, -0.2) is 4.98 Å². The summed E-state index contributed by atoms with van der Waals surface area (Å²) in [4.78, 5) is 4.25. The van der Waals surface area contributed by atoms with Crippen molar-refractivity contribution in [3.63, 3.8) is 0 Å². The molecule has 0 saturated carbocycles. The molecule has 12 heavy (non-hydrogen) atoms. The zero-order chi connectivity index (χ0) is 8.55. The molecule has 0 aliphatic heterocycles. The summed E-state index contributed by atoms with van der Waals surface area (Å²) >= 11 is 11.0. The number of benzene rings is 1. The minimum Gasteiger partial charge on any atom is -0.244 e. The number of hydrogen-bond donors (Lipinski definition) is 0. The van der Waals surface area contributed by atoms with Crippen LogP contribution in [0, 0.1) is 0 Å². The van der Waals surface area contributed by atoms with Crippen LogP contribution in [0.3, 0.4) is 0 Å². The highest BCUT2D eigenvalue weighted by molar-refractivity contribution is 9.08. The fourth-order valence-corrected chi connectivity index (χ4v) is 2.74. The van der Waals surface area contributed by atoms with Gasteiger partial charge < -0.3 is 0 Å². The second kappa shape index (κ2) is 3.32. The topological polar surface area (TPSA) is 12.9 Å². The van der Waals surface area contributed by atoms with Crippen LogP contribution in [0.25, 0.3) is 10.2 Å². The van der Waals surface area contributed by atoms with Crippen molar-refractivity contribution < 1.29 is 0 Å². The van der Waals surface area contributed by atoms with Crippen LogP contribution >= 0.6 is 38.9 Å². The monoisotopic (exact) mass is 261 g/mol. The average molecular weight is 263 g/mol. The largest absolute Gasteiger partial charge is 0.244 e. The third-order valence-corrected chi connectivity index (χ3v) is 3.39. The van der Waals surface area contributed by atoms with Gasteiger partial charge in [0.2, 0.25) is 0 Å². The Morgan fingerprint density at radius 3 is 3.08 bits per heavy atom. The maximum Gasteiger partial charge on any atom is 0.0867 e. The van der Waals surface area contributed by atoms with E-state index in [2.05, 4.69) is 20.9 Å². The van der Waals surface area contributed by atoms with Gasteiger partial charge in [0.15, 0.2) is 0 Å². The van der Waals surface area contributed by atoms with Gasteiger partial charge in [0.25, 0.3) is 0 Å². The molecule has 0 fully saturated rings. The van der Waals surface area contributed by atoms with Crippen LogP contribution in [-0.4, -0.2) is 4.98 Å². The Kier molecular flexibility index (Phi) is 2.35. The highest BCUT2D eigenvalue weighted by Gasteiger charge is 2.06. The molecule has 2 aromatic rings. The first kappa shape index (κ1) is 8.48. The van der Waals surface area contributed by atoms with Crippen LogP contribution in [0.1, 0.15) is 5.56 Å². The van der Waals surface area contributed by atoms with E-state index in [0.29, 0.717) is 0 Å². The van der Waals surface area contributed by atoms with Crippen LogP contribution in [0.4, 0.5) is 0 Å². The predicted octanol–water partition coefficient (Wildman–Crippen LogP) is 3.84. The van der Waals surface area contributed by atoms with Crippen LogP contribution in [0.5, 0.6) is 0 Å². The zero-order valence-electron chi connectivity index (χ0n) is 6.05. The van der Waals surface area contributed by atoms with Crippen molar-refractivity contribution in [1.82, 2.24) is 4.98 Å². The van der Waals surface area contributed by atoms with Gasteiger partial charge >= 0.3 is 0 Å².